The molecule has 5 nitrogen and oxygen atoms in total. The third-order valence-corrected chi connectivity index (χ3v) is 4.38. The first-order valence-corrected chi connectivity index (χ1v) is 8.73. The van der Waals surface area contributed by atoms with Crippen molar-refractivity contribution in [1.29, 1.82) is 0 Å². The molecule has 0 aliphatic heterocycles. The van der Waals surface area contributed by atoms with Gasteiger partial charge in [-0.2, -0.15) is 0 Å². The first-order chi connectivity index (χ1) is 13.5. The van der Waals surface area contributed by atoms with Crippen molar-refractivity contribution in [1.82, 2.24) is 19.9 Å². The van der Waals surface area contributed by atoms with Crippen molar-refractivity contribution >= 4 is 16.8 Å². The van der Waals surface area contributed by atoms with E-state index in [2.05, 4.69) is 15.0 Å². The van der Waals surface area contributed by atoms with Gasteiger partial charge in [-0.3, -0.25) is 4.79 Å². The Balaban J connectivity index is 1.80. The molecule has 4 aromatic rings. The van der Waals surface area contributed by atoms with Crippen molar-refractivity contribution < 1.29 is 9.18 Å². The number of carbonyl (C=O) groups is 1. The molecule has 0 fully saturated rings. The Bertz CT molecular complexity index is 1170. The third kappa shape index (κ3) is 3.32. The molecule has 4 rings (SSSR count). The molecule has 0 radical (unpaired) electrons. The Kier molecular flexibility index (Phi) is 4.53. The van der Waals surface area contributed by atoms with Crippen LogP contribution < -0.4 is 0 Å². The number of halogens is 1. The first kappa shape index (κ1) is 17.7. The van der Waals surface area contributed by atoms with E-state index in [0.29, 0.717) is 28.2 Å². The molecule has 0 aliphatic carbocycles. The van der Waals surface area contributed by atoms with Gasteiger partial charge in [0.05, 0.1) is 16.8 Å². The van der Waals surface area contributed by atoms with E-state index in [1.165, 1.54) is 17.0 Å². The second-order valence-electron chi connectivity index (χ2n) is 6.58. The average molecular weight is 372 g/mol. The number of fused-ring (bicyclic) bond motifs is 1. The number of hydrogen-bond acceptors (Lipinski definition) is 4. The quantitative estimate of drug-likeness (QED) is 0.541. The van der Waals surface area contributed by atoms with Crippen LogP contribution in [0.1, 0.15) is 10.4 Å². The molecule has 28 heavy (non-hydrogen) atoms. The molecule has 0 N–H and O–H groups in total. The monoisotopic (exact) mass is 372 g/mol. The summed E-state index contributed by atoms with van der Waals surface area (Å²) in [6.45, 7) is 0. The Morgan fingerprint density at radius 2 is 1.68 bits per heavy atom. The minimum Gasteiger partial charge on any atom is -0.345 e. The highest BCUT2D eigenvalue weighted by Crippen LogP contribution is 2.26. The maximum Gasteiger partial charge on any atom is 0.254 e. The summed E-state index contributed by atoms with van der Waals surface area (Å²) >= 11 is 0. The predicted molar refractivity (Wildman–Crippen MR) is 106 cm³/mol. The van der Waals surface area contributed by atoms with Gasteiger partial charge in [0.2, 0.25) is 0 Å². The zero-order valence-electron chi connectivity index (χ0n) is 15.4. The summed E-state index contributed by atoms with van der Waals surface area (Å²) < 4.78 is 13.4. The van der Waals surface area contributed by atoms with Crippen LogP contribution in [0.25, 0.3) is 33.5 Å². The SMILES string of the molecule is CN(C)C(=O)c1cc(-c2cnc(-c3cccc(F)c3)nc2)nc2ccccc12. The lowest BCUT2D eigenvalue weighted by Crippen LogP contribution is -2.22. The number of rotatable bonds is 3. The van der Waals surface area contributed by atoms with Crippen LogP contribution in [0.4, 0.5) is 4.39 Å². The molecule has 0 spiro atoms. The number of nitrogens with zero attached hydrogens (tertiary/aromatic N) is 4. The van der Waals surface area contributed by atoms with Gasteiger partial charge in [0.15, 0.2) is 5.82 Å². The van der Waals surface area contributed by atoms with Crippen LogP contribution in [0.5, 0.6) is 0 Å². The van der Waals surface area contributed by atoms with Crippen molar-refractivity contribution in [3.8, 4) is 22.6 Å². The summed E-state index contributed by atoms with van der Waals surface area (Å²) in [5.41, 5.74) is 3.18. The van der Waals surface area contributed by atoms with E-state index < -0.39 is 0 Å². The van der Waals surface area contributed by atoms with Crippen molar-refractivity contribution in [3.63, 3.8) is 0 Å². The zero-order valence-corrected chi connectivity index (χ0v) is 15.4. The number of amides is 1. The van der Waals surface area contributed by atoms with Gasteiger partial charge in [-0.05, 0) is 24.3 Å². The van der Waals surface area contributed by atoms with Gasteiger partial charge in [0.1, 0.15) is 5.82 Å². The number of hydrogen-bond donors (Lipinski definition) is 0. The minimum absolute atomic E-state index is 0.0999. The molecule has 2 aromatic heterocycles. The van der Waals surface area contributed by atoms with Crippen LogP contribution in [-0.4, -0.2) is 39.9 Å². The van der Waals surface area contributed by atoms with Gasteiger partial charge in [0.25, 0.3) is 5.91 Å². The Hall–Kier alpha value is -3.67. The van der Waals surface area contributed by atoms with E-state index in [-0.39, 0.29) is 11.7 Å². The molecular formula is C22H17FN4O. The highest BCUT2D eigenvalue weighted by atomic mass is 19.1. The smallest absolute Gasteiger partial charge is 0.254 e. The van der Waals surface area contributed by atoms with E-state index in [9.17, 15) is 9.18 Å². The zero-order chi connectivity index (χ0) is 19.7. The molecule has 0 aliphatic rings. The summed E-state index contributed by atoms with van der Waals surface area (Å²) in [7, 11) is 3.43. The van der Waals surface area contributed by atoms with E-state index in [4.69, 9.17) is 0 Å². The first-order valence-electron chi connectivity index (χ1n) is 8.73. The van der Waals surface area contributed by atoms with Crippen molar-refractivity contribution in [2.75, 3.05) is 14.1 Å². The fourth-order valence-corrected chi connectivity index (χ4v) is 2.98. The van der Waals surface area contributed by atoms with Gasteiger partial charge in [0, 0.05) is 43.0 Å². The van der Waals surface area contributed by atoms with Gasteiger partial charge in [-0.1, -0.05) is 30.3 Å². The lowest BCUT2D eigenvalue weighted by molar-refractivity contribution is 0.0829. The number of carbonyl (C=O) groups excluding carboxylic acids is 1. The molecule has 138 valence electrons. The number of benzene rings is 2. The standard InChI is InChI=1S/C22H17FN4O/c1-27(2)22(28)18-11-20(26-19-9-4-3-8-17(18)19)15-12-24-21(25-13-15)14-6-5-7-16(23)10-14/h3-13H,1-2H3. The van der Waals surface area contributed by atoms with Crippen molar-refractivity contribution in [2.24, 2.45) is 0 Å². The van der Waals surface area contributed by atoms with E-state index in [0.717, 1.165) is 10.9 Å². The van der Waals surface area contributed by atoms with Gasteiger partial charge in [-0.15, -0.1) is 0 Å². The Morgan fingerprint density at radius 1 is 0.929 bits per heavy atom. The molecule has 0 bridgehead atoms. The van der Waals surface area contributed by atoms with E-state index in [1.54, 1.807) is 44.7 Å². The summed E-state index contributed by atoms with van der Waals surface area (Å²) in [5.74, 6) is -0.0148. The summed E-state index contributed by atoms with van der Waals surface area (Å²) in [5, 5.41) is 0.794. The topological polar surface area (TPSA) is 59.0 Å². The van der Waals surface area contributed by atoms with E-state index in [1.807, 2.05) is 24.3 Å². The fraction of sp³-hybridized carbons (Fsp3) is 0.0909. The van der Waals surface area contributed by atoms with Crippen LogP contribution in [0.3, 0.4) is 0 Å². The summed E-state index contributed by atoms with van der Waals surface area (Å²) in [6, 6.07) is 15.4. The molecule has 1 amide bonds. The summed E-state index contributed by atoms with van der Waals surface area (Å²) in [4.78, 5) is 27.5. The Morgan fingerprint density at radius 3 is 2.39 bits per heavy atom. The molecule has 0 atom stereocenters. The second-order valence-corrected chi connectivity index (χ2v) is 6.58. The number of para-hydroxylation sites is 1. The highest BCUT2D eigenvalue weighted by Gasteiger charge is 2.16. The third-order valence-electron chi connectivity index (χ3n) is 4.38. The molecule has 6 heteroatoms. The van der Waals surface area contributed by atoms with Crippen molar-refractivity contribution in [2.45, 2.75) is 0 Å². The van der Waals surface area contributed by atoms with Crippen LogP contribution in [0, 0.1) is 5.82 Å². The molecular weight excluding hydrogens is 355 g/mol. The van der Waals surface area contributed by atoms with Crippen LogP contribution in [-0.2, 0) is 0 Å². The van der Waals surface area contributed by atoms with E-state index >= 15 is 0 Å². The number of aromatic nitrogens is 3. The highest BCUT2D eigenvalue weighted by molar-refractivity contribution is 6.07. The van der Waals surface area contributed by atoms with Crippen molar-refractivity contribution in [3.05, 3.63) is 78.4 Å². The maximum absolute atomic E-state index is 13.4. The lowest BCUT2D eigenvalue weighted by Gasteiger charge is -2.14. The number of pyridine rings is 1. The van der Waals surface area contributed by atoms with Crippen LogP contribution >= 0.6 is 0 Å². The molecule has 2 aromatic carbocycles. The maximum atomic E-state index is 13.4. The predicted octanol–water partition coefficient (Wildman–Crippen LogP) is 4.20. The molecule has 0 saturated carbocycles. The fourth-order valence-electron chi connectivity index (χ4n) is 2.98. The minimum atomic E-state index is -0.340. The molecule has 0 unspecified atom stereocenters. The lowest BCUT2D eigenvalue weighted by atomic mass is 10.0. The second kappa shape index (κ2) is 7.15. The van der Waals surface area contributed by atoms with Gasteiger partial charge < -0.3 is 4.90 Å². The average Bonchev–Trinajstić information content (AvgIpc) is 2.72. The molecule has 2 heterocycles. The largest absolute Gasteiger partial charge is 0.345 e. The van der Waals surface area contributed by atoms with Crippen LogP contribution in [0.15, 0.2) is 67.0 Å². The normalized spacial score (nSPS) is 10.8. The van der Waals surface area contributed by atoms with Crippen LogP contribution in [0.2, 0.25) is 0 Å². The molecule has 0 saturated heterocycles. The Labute approximate surface area is 161 Å². The van der Waals surface area contributed by atoms with Gasteiger partial charge >= 0.3 is 0 Å². The van der Waals surface area contributed by atoms with Gasteiger partial charge in [-0.25, -0.2) is 19.3 Å². The summed E-state index contributed by atoms with van der Waals surface area (Å²) in [6.07, 6.45) is 3.27.